The lowest BCUT2D eigenvalue weighted by molar-refractivity contribution is -0.119. The number of benzene rings is 2. The van der Waals surface area contributed by atoms with Gasteiger partial charge in [-0.25, -0.2) is 13.2 Å². The van der Waals surface area contributed by atoms with Crippen molar-refractivity contribution in [2.75, 3.05) is 25.0 Å². The first-order chi connectivity index (χ1) is 15.6. The predicted octanol–water partition coefficient (Wildman–Crippen LogP) is 3.76. The van der Waals surface area contributed by atoms with Crippen LogP contribution >= 0.6 is 11.6 Å². The molecule has 0 aliphatic carbocycles. The van der Waals surface area contributed by atoms with Crippen LogP contribution < -0.4 is 5.32 Å². The monoisotopic (exact) mass is 492 g/mol. The number of esters is 1. The predicted molar refractivity (Wildman–Crippen MR) is 124 cm³/mol. The summed E-state index contributed by atoms with van der Waals surface area (Å²) in [6.45, 7) is 3.59. The number of anilines is 1. The molecule has 1 aliphatic rings. The number of ether oxygens (including phenoxy) is 1. The minimum Gasteiger partial charge on any atom is -0.452 e. The minimum atomic E-state index is -3.88. The number of ketones is 1. The topological polar surface area (TPSA) is 110 Å². The molecule has 0 bridgehead atoms. The molecule has 0 saturated carbocycles. The fourth-order valence-corrected chi connectivity index (χ4v) is 5.66. The van der Waals surface area contributed by atoms with E-state index in [0.717, 1.165) is 12.8 Å². The van der Waals surface area contributed by atoms with Gasteiger partial charge >= 0.3 is 5.97 Å². The number of piperidine rings is 1. The third-order valence-corrected chi connectivity index (χ3v) is 7.64. The molecule has 0 aromatic heterocycles. The summed E-state index contributed by atoms with van der Waals surface area (Å²) < 4.78 is 32.6. The molecule has 1 amide bonds. The molecule has 0 spiro atoms. The summed E-state index contributed by atoms with van der Waals surface area (Å²) in [4.78, 5) is 35.9. The Labute approximate surface area is 197 Å². The summed E-state index contributed by atoms with van der Waals surface area (Å²) in [5.74, 6) is -1.38. The van der Waals surface area contributed by atoms with Gasteiger partial charge < -0.3 is 10.1 Å². The highest BCUT2D eigenvalue weighted by Crippen LogP contribution is 2.29. The van der Waals surface area contributed by atoms with Gasteiger partial charge in [0.15, 0.2) is 12.4 Å². The number of nitrogens with zero attached hydrogens (tertiary/aromatic N) is 1. The second-order valence-corrected chi connectivity index (χ2v) is 10.3. The van der Waals surface area contributed by atoms with Crippen molar-refractivity contribution in [3.05, 3.63) is 58.6 Å². The lowest BCUT2D eigenvalue weighted by Gasteiger charge is -2.30. The van der Waals surface area contributed by atoms with Gasteiger partial charge in [-0.1, -0.05) is 30.7 Å². The van der Waals surface area contributed by atoms with Gasteiger partial charge in [-0.2, -0.15) is 4.31 Å². The number of halogens is 1. The van der Waals surface area contributed by atoms with E-state index in [-0.39, 0.29) is 27.2 Å². The van der Waals surface area contributed by atoms with Gasteiger partial charge in [0.2, 0.25) is 10.0 Å². The zero-order valence-corrected chi connectivity index (χ0v) is 19.9. The second kappa shape index (κ2) is 10.5. The molecule has 1 atom stereocenters. The number of hydrogen-bond acceptors (Lipinski definition) is 6. The number of Topliss-reactive ketones (excluding diaryl/α,β-unsaturated/α-hetero) is 1. The highest BCUT2D eigenvalue weighted by atomic mass is 35.5. The number of nitrogens with one attached hydrogen (secondary N) is 1. The largest absolute Gasteiger partial charge is 0.452 e. The molecule has 3 rings (SSSR count). The van der Waals surface area contributed by atoms with Crippen molar-refractivity contribution in [1.29, 1.82) is 0 Å². The third-order valence-electron chi connectivity index (χ3n) is 5.29. The van der Waals surface area contributed by atoms with Crippen LogP contribution in [0.25, 0.3) is 0 Å². The number of carbonyl (C=O) groups is 3. The third kappa shape index (κ3) is 6.19. The SMILES string of the molecule is CC(=O)c1cccc(NC(=O)COC(=O)c2ccc(Cl)c(S(=O)(=O)N3CCCC(C)C3)c2)c1. The van der Waals surface area contributed by atoms with Gasteiger partial charge in [-0.05, 0) is 56.0 Å². The quantitative estimate of drug-likeness (QED) is 0.465. The van der Waals surface area contributed by atoms with Crippen molar-refractivity contribution in [3.63, 3.8) is 0 Å². The van der Waals surface area contributed by atoms with Gasteiger partial charge in [0.1, 0.15) is 4.90 Å². The van der Waals surface area contributed by atoms with Crippen LogP contribution in [0.5, 0.6) is 0 Å². The lowest BCUT2D eigenvalue weighted by Crippen LogP contribution is -2.39. The molecular weight excluding hydrogens is 468 g/mol. The smallest absolute Gasteiger partial charge is 0.338 e. The second-order valence-electron chi connectivity index (χ2n) is 8.02. The molecule has 1 fully saturated rings. The summed E-state index contributed by atoms with van der Waals surface area (Å²) in [5, 5.41) is 2.55. The lowest BCUT2D eigenvalue weighted by atomic mass is 10.0. The van der Waals surface area contributed by atoms with Gasteiger partial charge in [0.25, 0.3) is 5.91 Å². The van der Waals surface area contributed by atoms with Crippen molar-refractivity contribution >= 4 is 45.0 Å². The van der Waals surface area contributed by atoms with Crippen LogP contribution in [0.15, 0.2) is 47.4 Å². The standard InChI is InChI=1S/C23H25ClN2O6S/c1-15-5-4-10-26(13-15)33(30,31)21-12-18(8-9-20(21)24)23(29)32-14-22(28)25-19-7-3-6-17(11-19)16(2)27/h3,6-9,11-12,15H,4-5,10,13-14H2,1-2H3,(H,25,28). The van der Waals surface area contributed by atoms with Crippen LogP contribution in [0.2, 0.25) is 5.02 Å². The number of sulfonamides is 1. The fourth-order valence-electron chi connectivity index (χ4n) is 3.56. The maximum atomic E-state index is 13.1. The highest BCUT2D eigenvalue weighted by molar-refractivity contribution is 7.89. The van der Waals surface area contributed by atoms with E-state index in [1.807, 2.05) is 6.92 Å². The Bertz CT molecular complexity index is 1180. The number of hydrogen-bond donors (Lipinski definition) is 1. The van der Waals surface area contributed by atoms with Crippen LogP contribution in [0.4, 0.5) is 5.69 Å². The molecular formula is C23H25ClN2O6S. The molecule has 1 unspecified atom stereocenters. The van der Waals surface area contributed by atoms with E-state index in [1.165, 1.54) is 35.5 Å². The maximum Gasteiger partial charge on any atom is 0.338 e. The summed E-state index contributed by atoms with van der Waals surface area (Å²) in [6, 6.07) is 10.2. The molecule has 1 aliphatic heterocycles. The Morgan fingerprint density at radius 2 is 1.91 bits per heavy atom. The van der Waals surface area contributed by atoms with Crippen molar-refractivity contribution in [2.24, 2.45) is 5.92 Å². The number of rotatable bonds is 7. The van der Waals surface area contributed by atoms with E-state index in [2.05, 4.69) is 5.32 Å². The number of amides is 1. The van der Waals surface area contributed by atoms with Gasteiger partial charge in [-0.3, -0.25) is 9.59 Å². The zero-order chi connectivity index (χ0) is 24.2. The summed E-state index contributed by atoms with van der Waals surface area (Å²) in [5.41, 5.74) is 0.789. The van der Waals surface area contributed by atoms with E-state index in [9.17, 15) is 22.8 Å². The van der Waals surface area contributed by atoms with Gasteiger partial charge in [0.05, 0.1) is 10.6 Å². The van der Waals surface area contributed by atoms with Crippen molar-refractivity contribution < 1.29 is 27.5 Å². The van der Waals surface area contributed by atoms with Crippen LogP contribution in [-0.2, 0) is 19.6 Å². The molecule has 1 saturated heterocycles. The van der Waals surface area contributed by atoms with E-state index in [1.54, 1.807) is 18.2 Å². The molecule has 176 valence electrons. The van der Waals surface area contributed by atoms with E-state index in [0.29, 0.717) is 24.3 Å². The summed E-state index contributed by atoms with van der Waals surface area (Å²) >= 11 is 6.15. The average molecular weight is 493 g/mol. The Balaban J connectivity index is 1.67. The Hall–Kier alpha value is -2.75. The Morgan fingerprint density at radius 3 is 2.61 bits per heavy atom. The zero-order valence-electron chi connectivity index (χ0n) is 18.3. The molecule has 2 aromatic carbocycles. The Morgan fingerprint density at radius 1 is 1.15 bits per heavy atom. The van der Waals surface area contributed by atoms with Crippen molar-refractivity contribution in [1.82, 2.24) is 4.31 Å². The maximum absolute atomic E-state index is 13.1. The Kier molecular flexibility index (Phi) is 7.88. The van der Waals surface area contributed by atoms with Gasteiger partial charge in [-0.15, -0.1) is 0 Å². The van der Waals surface area contributed by atoms with Crippen LogP contribution in [-0.4, -0.2) is 50.1 Å². The van der Waals surface area contributed by atoms with E-state index < -0.39 is 28.5 Å². The average Bonchev–Trinajstić information content (AvgIpc) is 2.77. The first-order valence-electron chi connectivity index (χ1n) is 10.5. The normalized spacial score (nSPS) is 16.8. The number of carbonyl (C=O) groups excluding carboxylic acids is 3. The molecule has 2 aromatic rings. The first kappa shape index (κ1) is 24.9. The van der Waals surface area contributed by atoms with E-state index >= 15 is 0 Å². The molecule has 8 nitrogen and oxygen atoms in total. The van der Waals surface area contributed by atoms with Crippen molar-refractivity contribution in [3.8, 4) is 0 Å². The minimum absolute atomic E-state index is 0.00729. The van der Waals surface area contributed by atoms with Crippen LogP contribution in [0.3, 0.4) is 0 Å². The summed E-state index contributed by atoms with van der Waals surface area (Å²) in [7, 11) is -3.88. The van der Waals surface area contributed by atoms with E-state index in [4.69, 9.17) is 16.3 Å². The molecule has 0 radical (unpaired) electrons. The molecule has 1 heterocycles. The highest BCUT2D eigenvalue weighted by Gasteiger charge is 2.31. The first-order valence-corrected chi connectivity index (χ1v) is 12.3. The van der Waals surface area contributed by atoms with Crippen molar-refractivity contribution in [2.45, 2.75) is 31.6 Å². The van der Waals surface area contributed by atoms with Gasteiger partial charge in [0, 0.05) is 24.3 Å². The molecule has 1 N–H and O–H groups in total. The van der Waals surface area contributed by atoms with Crippen LogP contribution in [0, 0.1) is 5.92 Å². The molecule has 33 heavy (non-hydrogen) atoms. The summed E-state index contributed by atoms with van der Waals surface area (Å²) in [6.07, 6.45) is 1.71. The fraction of sp³-hybridized carbons (Fsp3) is 0.348. The molecule has 10 heteroatoms. The van der Waals surface area contributed by atoms with Crippen LogP contribution in [0.1, 0.15) is 47.4 Å².